The number of rotatable bonds is 2. The molecule has 3 aromatic rings. The molecule has 0 N–H and O–H groups in total. The smallest absolute Gasteiger partial charge is 0.170 e. The van der Waals surface area contributed by atoms with Crippen LogP contribution in [0.1, 0.15) is 17.1 Å². The Morgan fingerprint density at radius 3 is 2.67 bits per heavy atom. The van der Waals surface area contributed by atoms with Gasteiger partial charge in [-0.15, -0.1) is 0 Å². The van der Waals surface area contributed by atoms with Gasteiger partial charge >= 0.3 is 0 Å². The van der Waals surface area contributed by atoms with Crippen LogP contribution in [-0.4, -0.2) is 19.3 Å². The number of aryl methyl sites for hydroxylation is 2. The average Bonchev–Trinajstić information content (AvgIpc) is 2.88. The second kappa shape index (κ2) is 3.98. The Bertz CT molecular complexity index is 706. The molecule has 0 unspecified atom stereocenters. The van der Waals surface area contributed by atoms with Gasteiger partial charge in [0.25, 0.3) is 0 Å². The van der Waals surface area contributed by atoms with E-state index in [0.717, 1.165) is 12.4 Å². The van der Waals surface area contributed by atoms with Crippen LogP contribution in [0.15, 0.2) is 30.6 Å². The molecule has 0 saturated heterocycles. The van der Waals surface area contributed by atoms with Crippen LogP contribution >= 0.6 is 0 Å². The molecule has 18 heavy (non-hydrogen) atoms. The van der Waals surface area contributed by atoms with Gasteiger partial charge < -0.3 is 4.57 Å². The van der Waals surface area contributed by atoms with Gasteiger partial charge in [-0.3, -0.25) is 4.68 Å². The van der Waals surface area contributed by atoms with Gasteiger partial charge in [0.2, 0.25) is 0 Å². The maximum absolute atomic E-state index is 4.35. The molecule has 0 fully saturated rings. The number of hydrogen-bond donors (Lipinski definition) is 0. The van der Waals surface area contributed by atoms with Crippen molar-refractivity contribution in [2.45, 2.75) is 20.4 Å². The second-order valence-corrected chi connectivity index (χ2v) is 4.65. The zero-order valence-corrected chi connectivity index (χ0v) is 10.9. The normalized spacial score (nSPS) is 11.3. The van der Waals surface area contributed by atoms with E-state index in [1.165, 1.54) is 22.2 Å². The van der Waals surface area contributed by atoms with Gasteiger partial charge in [0, 0.05) is 23.6 Å². The van der Waals surface area contributed by atoms with Crippen molar-refractivity contribution in [3.63, 3.8) is 0 Å². The highest BCUT2D eigenvalue weighted by atomic mass is 15.3. The van der Waals surface area contributed by atoms with Gasteiger partial charge in [-0.25, -0.2) is 4.98 Å². The van der Waals surface area contributed by atoms with E-state index in [1.807, 2.05) is 7.05 Å². The Morgan fingerprint density at radius 1 is 1.17 bits per heavy atom. The molecule has 1 aromatic carbocycles. The Labute approximate surface area is 106 Å². The molecule has 0 aliphatic rings. The Kier molecular flexibility index (Phi) is 2.44. The standard InChI is InChI=1S/C14H16N4/c1-10-11(2)18(8-14-15-9-17(3)16-14)13-7-5-4-6-12(10)13/h4-7,9H,8H2,1-3H3. The van der Waals surface area contributed by atoms with E-state index in [4.69, 9.17) is 0 Å². The fraction of sp³-hybridized carbons (Fsp3) is 0.286. The topological polar surface area (TPSA) is 35.6 Å². The highest BCUT2D eigenvalue weighted by Crippen LogP contribution is 2.25. The van der Waals surface area contributed by atoms with Crippen molar-refractivity contribution in [2.24, 2.45) is 7.05 Å². The van der Waals surface area contributed by atoms with Crippen LogP contribution in [0.25, 0.3) is 10.9 Å². The zero-order valence-electron chi connectivity index (χ0n) is 10.9. The molecule has 4 nitrogen and oxygen atoms in total. The molecule has 0 bridgehead atoms. The van der Waals surface area contributed by atoms with Crippen molar-refractivity contribution >= 4 is 10.9 Å². The van der Waals surface area contributed by atoms with E-state index < -0.39 is 0 Å². The Hall–Kier alpha value is -2.10. The first-order valence-electron chi connectivity index (χ1n) is 6.06. The lowest BCUT2D eigenvalue weighted by molar-refractivity contribution is 0.704. The largest absolute Gasteiger partial charge is 0.337 e. The first-order chi connectivity index (χ1) is 8.66. The number of hydrogen-bond acceptors (Lipinski definition) is 2. The van der Waals surface area contributed by atoms with E-state index in [1.54, 1.807) is 11.0 Å². The highest BCUT2D eigenvalue weighted by Gasteiger charge is 2.11. The summed E-state index contributed by atoms with van der Waals surface area (Å²) in [4.78, 5) is 4.30. The lowest BCUT2D eigenvalue weighted by Crippen LogP contribution is -2.04. The van der Waals surface area contributed by atoms with Gasteiger partial charge in [-0.1, -0.05) is 18.2 Å². The lowest BCUT2D eigenvalue weighted by atomic mass is 10.2. The molecule has 0 aliphatic heterocycles. The van der Waals surface area contributed by atoms with E-state index in [-0.39, 0.29) is 0 Å². The van der Waals surface area contributed by atoms with Crippen molar-refractivity contribution in [3.8, 4) is 0 Å². The first-order valence-corrected chi connectivity index (χ1v) is 6.06. The number of nitrogens with zero attached hydrogens (tertiary/aromatic N) is 4. The molecule has 2 aromatic heterocycles. The summed E-state index contributed by atoms with van der Waals surface area (Å²) < 4.78 is 4.02. The zero-order chi connectivity index (χ0) is 12.7. The van der Waals surface area contributed by atoms with Crippen molar-refractivity contribution in [1.82, 2.24) is 19.3 Å². The van der Waals surface area contributed by atoms with E-state index in [0.29, 0.717) is 0 Å². The Balaban J connectivity index is 2.14. The number of benzene rings is 1. The molecular weight excluding hydrogens is 224 g/mol. The lowest BCUT2D eigenvalue weighted by Gasteiger charge is -2.05. The summed E-state index contributed by atoms with van der Waals surface area (Å²) in [6.45, 7) is 5.04. The van der Waals surface area contributed by atoms with Gasteiger partial charge in [0.15, 0.2) is 5.82 Å². The molecule has 0 atom stereocenters. The molecular formula is C14H16N4. The maximum Gasteiger partial charge on any atom is 0.170 e. The number of para-hydroxylation sites is 1. The maximum atomic E-state index is 4.35. The fourth-order valence-electron chi connectivity index (χ4n) is 2.41. The van der Waals surface area contributed by atoms with Gasteiger partial charge in [0.1, 0.15) is 6.33 Å². The summed E-state index contributed by atoms with van der Waals surface area (Å²) >= 11 is 0. The second-order valence-electron chi connectivity index (χ2n) is 4.65. The fourth-order valence-corrected chi connectivity index (χ4v) is 2.41. The summed E-state index contributed by atoms with van der Waals surface area (Å²) in [7, 11) is 1.89. The quantitative estimate of drug-likeness (QED) is 0.689. The van der Waals surface area contributed by atoms with Crippen LogP contribution < -0.4 is 0 Å². The third-order valence-corrected chi connectivity index (χ3v) is 3.49. The molecule has 0 aliphatic carbocycles. The molecule has 0 radical (unpaired) electrons. The van der Waals surface area contributed by atoms with Crippen LogP contribution in [0, 0.1) is 13.8 Å². The van der Waals surface area contributed by atoms with Crippen LogP contribution in [-0.2, 0) is 13.6 Å². The van der Waals surface area contributed by atoms with Gasteiger partial charge in [-0.05, 0) is 25.5 Å². The van der Waals surface area contributed by atoms with Crippen molar-refractivity contribution in [2.75, 3.05) is 0 Å². The summed E-state index contributed by atoms with van der Waals surface area (Å²) in [6.07, 6.45) is 1.74. The SMILES string of the molecule is Cc1c(C)n(Cc2ncn(C)n2)c2ccccc12. The minimum atomic E-state index is 0.723. The Morgan fingerprint density at radius 2 is 1.94 bits per heavy atom. The van der Waals surface area contributed by atoms with Crippen molar-refractivity contribution in [3.05, 3.63) is 47.7 Å². The summed E-state index contributed by atoms with van der Waals surface area (Å²) in [5.74, 6) is 0.848. The van der Waals surface area contributed by atoms with Gasteiger partial charge in [0.05, 0.1) is 6.54 Å². The van der Waals surface area contributed by atoms with Crippen LogP contribution in [0.3, 0.4) is 0 Å². The first kappa shape index (κ1) is 11.0. The predicted molar refractivity (Wildman–Crippen MR) is 71.5 cm³/mol. The molecule has 92 valence electrons. The summed E-state index contributed by atoms with van der Waals surface area (Å²) in [5.41, 5.74) is 3.87. The third-order valence-electron chi connectivity index (χ3n) is 3.49. The van der Waals surface area contributed by atoms with Crippen LogP contribution in [0.5, 0.6) is 0 Å². The van der Waals surface area contributed by atoms with Crippen molar-refractivity contribution in [1.29, 1.82) is 0 Å². The predicted octanol–water partition coefficient (Wildman–Crippen LogP) is 2.43. The molecule has 0 spiro atoms. The highest BCUT2D eigenvalue weighted by molar-refractivity contribution is 5.85. The van der Waals surface area contributed by atoms with E-state index in [2.05, 4.69) is 52.8 Å². The molecule has 3 rings (SSSR count). The van der Waals surface area contributed by atoms with E-state index >= 15 is 0 Å². The van der Waals surface area contributed by atoms with Crippen molar-refractivity contribution < 1.29 is 0 Å². The monoisotopic (exact) mass is 240 g/mol. The minimum Gasteiger partial charge on any atom is -0.337 e. The molecule has 0 amide bonds. The van der Waals surface area contributed by atoms with Crippen LogP contribution in [0.2, 0.25) is 0 Å². The molecule has 4 heteroatoms. The summed E-state index contributed by atoms with van der Waals surface area (Å²) in [6, 6.07) is 8.47. The van der Waals surface area contributed by atoms with Gasteiger partial charge in [-0.2, -0.15) is 5.10 Å². The van der Waals surface area contributed by atoms with Crippen LogP contribution in [0.4, 0.5) is 0 Å². The molecule has 0 saturated carbocycles. The average molecular weight is 240 g/mol. The summed E-state index contributed by atoms with van der Waals surface area (Å²) in [5, 5.41) is 5.66. The van der Waals surface area contributed by atoms with E-state index in [9.17, 15) is 0 Å². The number of fused-ring (bicyclic) bond motifs is 1. The number of aromatic nitrogens is 4. The third kappa shape index (κ3) is 1.61. The minimum absolute atomic E-state index is 0.723. The molecule has 2 heterocycles.